The maximum Gasteiger partial charge on any atom is 0.451 e. The number of halogens is 3. The molecule has 19 heavy (non-hydrogen) atoms. The molecule has 0 aliphatic carbocycles. The average Bonchev–Trinajstić information content (AvgIpc) is 2.79. The third kappa shape index (κ3) is 2.48. The summed E-state index contributed by atoms with van der Waals surface area (Å²) in [5, 5.41) is 18.2. The third-order valence-corrected chi connectivity index (χ3v) is 3.13. The Kier molecular flexibility index (Phi) is 3.35. The van der Waals surface area contributed by atoms with Gasteiger partial charge in [0.25, 0.3) is 0 Å². The zero-order valence-corrected chi connectivity index (χ0v) is 10.1. The number of amidine groups is 1. The van der Waals surface area contributed by atoms with Crippen molar-refractivity contribution in [2.45, 2.75) is 32.2 Å². The Balaban J connectivity index is 2.21. The highest BCUT2D eigenvalue weighted by molar-refractivity contribution is 5.84. The van der Waals surface area contributed by atoms with Crippen molar-refractivity contribution in [1.82, 2.24) is 19.7 Å². The fraction of sp³-hybridized carbons (Fsp3) is 0.667. The molecule has 106 valence electrons. The number of rotatable bonds is 2. The molecule has 3 N–H and O–H groups in total. The average molecular weight is 278 g/mol. The predicted octanol–water partition coefficient (Wildman–Crippen LogP) is 0.247. The molecule has 2 heterocycles. The Morgan fingerprint density at radius 1 is 1.42 bits per heavy atom. The van der Waals surface area contributed by atoms with E-state index in [1.54, 1.807) is 11.8 Å². The molecule has 1 aromatic rings. The van der Waals surface area contributed by atoms with E-state index in [0.717, 1.165) is 4.57 Å². The Hall–Kier alpha value is -1.84. The summed E-state index contributed by atoms with van der Waals surface area (Å²) in [4.78, 5) is 1.76. The van der Waals surface area contributed by atoms with Gasteiger partial charge in [-0.2, -0.15) is 13.2 Å². The van der Waals surface area contributed by atoms with Crippen LogP contribution in [0.5, 0.6) is 0 Å². The van der Waals surface area contributed by atoms with Gasteiger partial charge in [-0.1, -0.05) is 5.16 Å². The minimum absolute atomic E-state index is 0.00371. The van der Waals surface area contributed by atoms with Crippen LogP contribution in [0, 0.1) is 0 Å². The van der Waals surface area contributed by atoms with Crippen LogP contribution in [0.3, 0.4) is 0 Å². The highest BCUT2D eigenvalue weighted by atomic mass is 19.4. The van der Waals surface area contributed by atoms with Crippen LogP contribution in [-0.4, -0.2) is 43.3 Å². The molecule has 0 saturated carbocycles. The van der Waals surface area contributed by atoms with Gasteiger partial charge < -0.3 is 15.5 Å². The Bertz CT molecular complexity index is 497. The van der Waals surface area contributed by atoms with Gasteiger partial charge in [0, 0.05) is 13.1 Å². The van der Waals surface area contributed by atoms with Crippen LogP contribution in [0.1, 0.15) is 18.6 Å². The highest BCUT2D eigenvalue weighted by Crippen LogP contribution is 2.29. The smallest absolute Gasteiger partial charge is 0.409 e. The van der Waals surface area contributed by atoms with Crippen molar-refractivity contribution in [3.8, 4) is 0 Å². The summed E-state index contributed by atoms with van der Waals surface area (Å²) >= 11 is 0. The Morgan fingerprint density at radius 3 is 2.68 bits per heavy atom. The number of oxime groups is 1. The minimum atomic E-state index is -4.51. The number of hydrogen-bond acceptors (Lipinski definition) is 5. The van der Waals surface area contributed by atoms with Crippen molar-refractivity contribution < 1.29 is 18.4 Å². The molecule has 1 aromatic heterocycles. The van der Waals surface area contributed by atoms with Crippen molar-refractivity contribution >= 4 is 5.84 Å². The van der Waals surface area contributed by atoms with E-state index in [4.69, 9.17) is 10.9 Å². The van der Waals surface area contributed by atoms with Crippen molar-refractivity contribution in [1.29, 1.82) is 0 Å². The molecule has 1 unspecified atom stereocenters. The molecule has 2 rings (SSSR count). The fourth-order valence-electron chi connectivity index (χ4n) is 1.99. The molecule has 7 nitrogen and oxygen atoms in total. The molecule has 0 spiro atoms. The lowest BCUT2D eigenvalue weighted by Gasteiger charge is -2.31. The van der Waals surface area contributed by atoms with Gasteiger partial charge in [-0.15, -0.1) is 10.2 Å². The molecule has 1 atom stereocenters. The first kappa shape index (κ1) is 13.6. The van der Waals surface area contributed by atoms with Gasteiger partial charge in [-0.25, -0.2) is 0 Å². The van der Waals surface area contributed by atoms with Crippen LogP contribution in [0.4, 0.5) is 13.2 Å². The summed E-state index contributed by atoms with van der Waals surface area (Å²) in [6.07, 6.45) is -4.51. The fourth-order valence-corrected chi connectivity index (χ4v) is 1.99. The molecule has 10 heteroatoms. The lowest BCUT2D eigenvalue weighted by molar-refractivity contribution is -0.148. The monoisotopic (exact) mass is 278 g/mol. The summed E-state index contributed by atoms with van der Waals surface area (Å²) in [6, 6.07) is -0.384. The number of fused-ring (bicyclic) bond motifs is 1. The lowest BCUT2D eigenvalue weighted by Crippen LogP contribution is -2.46. The zero-order valence-electron chi connectivity index (χ0n) is 10.1. The van der Waals surface area contributed by atoms with E-state index in [9.17, 15) is 13.2 Å². The Morgan fingerprint density at radius 2 is 2.11 bits per heavy atom. The Labute approximate surface area is 106 Å². The van der Waals surface area contributed by atoms with Crippen molar-refractivity contribution in [2.24, 2.45) is 10.9 Å². The summed E-state index contributed by atoms with van der Waals surface area (Å²) < 4.78 is 39.0. The number of alkyl halides is 3. The van der Waals surface area contributed by atoms with Gasteiger partial charge in [0.1, 0.15) is 5.82 Å². The van der Waals surface area contributed by atoms with Crippen molar-refractivity contribution in [2.75, 3.05) is 6.54 Å². The van der Waals surface area contributed by atoms with E-state index in [2.05, 4.69) is 15.4 Å². The molecule has 1 aliphatic heterocycles. The third-order valence-electron chi connectivity index (χ3n) is 3.13. The van der Waals surface area contributed by atoms with Crippen LogP contribution in [-0.2, 0) is 19.3 Å². The molecular formula is C9H13F3N6O. The minimum Gasteiger partial charge on any atom is -0.409 e. The van der Waals surface area contributed by atoms with E-state index >= 15 is 0 Å². The van der Waals surface area contributed by atoms with E-state index in [-0.39, 0.29) is 30.8 Å². The van der Waals surface area contributed by atoms with Gasteiger partial charge in [-0.3, -0.25) is 4.90 Å². The quantitative estimate of drug-likeness (QED) is 0.350. The van der Waals surface area contributed by atoms with Crippen LogP contribution in [0.25, 0.3) is 0 Å². The van der Waals surface area contributed by atoms with Gasteiger partial charge in [0.2, 0.25) is 5.82 Å². The molecule has 0 fully saturated rings. The summed E-state index contributed by atoms with van der Waals surface area (Å²) in [5.41, 5.74) is 5.48. The normalized spacial score (nSPS) is 19.3. The van der Waals surface area contributed by atoms with E-state index in [1.807, 2.05) is 0 Å². The summed E-state index contributed by atoms with van der Waals surface area (Å²) in [6.45, 7) is 2.32. The largest absolute Gasteiger partial charge is 0.451 e. The number of hydrogen-bond donors (Lipinski definition) is 2. The number of nitrogens with zero attached hydrogens (tertiary/aromatic N) is 5. The van der Waals surface area contributed by atoms with Crippen LogP contribution in [0.2, 0.25) is 0 Å². The molecule has 0 saturated heterocycles. The molecule has 0 bridgehead atoms. The number of nitrogens with two attached hydrogens (primary N) is 1. The van der Waals surface area contributed by atoms with E-state index < -0.39 is 12.0 Å². The second-order valence-electron chi connectivity index (χ2n) is 4.26. The first-order valence-electron chi connectivity index (χ1n) is 5.55. The van der Waals surface area contributed by atoms with Crippen molar-refractivity contribution in [3.05, 3.63) is 11.6 Å². The zero-order chi connectivity index (χ0) is 14.2. The highest BCUT2D eigenvalue weighted by Gasteiger charge is 2.39. The lowest BCUT2D eigenvalue weighted by atomic mass is 10.2. The predicted molar refractivity (Wildman–Crippen MR) is 58.3 cm³/mol. The van der Waals surface area contributed by atoms with Crippen LogP contribution >= 0.6 is 0 Å². The second-order valence-corrected chi connectivity index (χ2v) is 4.26. The molecule has 0 radical (unpaired) electrons. The van der Waals surface area contributed by atoms with Crippen LogP contribution in [0.15, 0.2) is 5.16 Å². The SMILES string of the molecule is CC(C(N)=NO)N1CCn2c(nnc2C(F)(F)F)C1. The number of aromatic nitrogens is 3. The maximum absolute atomic E-state index is 12.6. The molecule has 1 aliphatic rings. The first-order chi connectivity index (χ1) is 8.84. The van der Waals surface area contributed by atoms with Crippen LogP contribution < -0.4 is 5.73 Å². The molecule has 0 aromatic carbocycles. The molecule has 0 amide bonds. The van der Waals surface area contributed by atoms with Gasteiger partial charge in [-0.05, 0) is 6.92 Å². The topological polar surface area (TPSA) is 92.6 Å². The standard InChI is InChI=1S/C9H13F3N6O/c1-5(7(13)16-19)17-2-3-18-6(4-17)14-15-8(18)9(10,11)12/h5,19H,2-4H2,1H3,(H2,13,16). The van der Waals surface area contributed by atoms with E-state index in [1.165, 1.54) is 0 Å². The van der Waals surface area contributed by atoms with Gasteiger partial charge >= 0.3 is 6.18 Å². The van der Waals surface area contributed by atoms with Crippen molar-refractivity contribution in [3.63, 3.8) is 0 Å². The first-order valence-corrected chi connectivity index (χ1v) is 5.55. The second kappa shape index (κ2) is 4.68. The van der Waals surface area contributed by atoms with Gasteiger partial charge in [0.05, 0.1) is 12.6 Å². The molecular weight excluding hydrogens is 265 g/mol. The van der Waals surface area contributed by atoms with E-state index in [0.29, 0.717) is 6.54 Å². The summed E-state index contributed by atoms with van der Waals surface area (Å²) in [7, 11) is 0. The summed E-state index contributed by atoms with van der Waals surface area (Å²) in [5.74, 6) is -0.765. The maximum atomic E-state index is 12.6. The van der Waals surface area contributed by atoms with Gasteiger partial charge in [0.15, 0.2) is 5.84 Å².